The molecule has 0 aromatic heterocycles. The van der Waals surface area contributed by atoms with Crippen LogP contribution in [0.2, 0.25) is 0 Å². The third-order valence-electron chi connectivity index (χ3n) is 5.06. The predicted octanol–water partition coefficient (Wildman–Crippen LogP) is 5.99. The van der Waals surface area contributed by atoms with Crippen LogP contribution in [-0.2, 0) is 22.4 Å². The van der Waals surface area contributed by atoms with E-state index in [4.69, 9.17) is 10.2 Å². The first-order valence-corrected chi connectivity index (χ1v) is 10.8. The molecule has 2 aromatic rings. The summed E-state index contributed by atoms with van der Waals surface area (Å²) in [5.41, 5.74) is 2.94. The number of carboxylic acid groups (broad SMARTS) is 2. The molecule has 7 heteroatoms. The van der Waals surface area contributed by atoms with Gasteiger partial charge in [0.2, 0.25) is 5.69 Å². The fourth-order valence-corrected chi connectivity index (χ4v) is 3.42. The molecular weight excluding hydrogens is 396 g/mol. The summed E-state index contributed by atoms with van der Waals surface area (Å²) in [5, 5.41) is 34.6. The van der Waals surface area contributed by atoms with Gasteiger partial charge in [0.25, 0.3) is 0 Å². The van der Waals surface area contributed by atoms with Crippen molar-refractivity contribution < 1.29 is 24.7 Å². The first-order chi connectivity index (χ1) is 15.0. The Morgan fingerprint density at radius 3 is 1.97 bits per heavy atom. The SMILES string of the molecule is O=C(O)CCCCCCc1ccccc1[N+]([O-])=Nc1ccccc1CCCCC(=O)O. The van der Waals surface area contributed by atoms with Gasteiger partial charge in [-0.2, -0.15) is 0 Å². The Hall–Kier alpha value is -3.22. The summed E-state index contributed by atoms with van der Waals surface area (Å²) in [6.45, 7) is 0. The van der Waals surface area contributed by atoms with Crippen molar-refractivity contribution >= 4 is 23.3 Å². The molecule has 0 aliphatic heterocycles. The van der Waals surface area contributed by atoms with Gasteiger partial charge in [0.15, 0.2) is 0 Å². The van der Waals surface area contributed by atoms with Crippen LogP contribution in [0.25, 0.3) is 0 Å². The molecule has 0 amide bonds. The lowest BCUT2D eigenvalue weighted by Crippen LogP contribution is -1.98. The summed E-state index contributed by atoms with van der Waals surface area (Å²) in [6, 6.07) is 14.8. The average molecular weight is 427 g/mol. The minimum atomic E-state index is -0.804. The van der Waals surface area contributed by atoms with Crippen LogP contribution in [0.5, 0.6) is 0 Å². The van der Waals surface area contributed by atoms with E-state index in [1.807, 2.05) is 36.4 Å². The van der Waals surface area contributed by atoms with Gasteiger partial charge in [-0.25, -0.2) is 0 Å². The van der Waals surface area contributed by atoms with Crippen LogP contribution in [0, 0.1) is 5.21 Å². The maximum Gasteiger partial charge on any atom is 0.303 e. The van der Waals surface area contributed by atoms with Crippen molar-refractivity contribution in [1.29, 1.82) is 0 Å². The summed E-state index contributed by atoms with van der Waals surface area (Å²) < 4.78 is 0. The van der Waals surface area contributed by atoms with Gasteiger partial charge in [-0.05, 0) is 55.0 Å². The maximum atomic E-state index is 12.8. The highest BCUT2D eigenvalue weighted by Crippen LogP contribution is 2.26. The van der Waals surface area contributed by atoms with Crippen LogP contribution in [0.15, 0.2) is 53.6 Å². The maximum absolute atomic E-state index is 12.8. The quantitative estimate of drug-likeness (QED) is 0.167. The second kappa shape index (κ2) is 13.2. The summed E-state index contributed by atoms with van der Waals surface area (Å²) in [7, 11) is 0. The molecule has 31 heavy (non-hydrogen) atoms. The normalized spacial score (nSPS) is 11.4. The number of azo groups is 1. The minimum Gasteiger partial charge on any atom is -0.594 e. The van der Waals surface area contributed by atoms with Gasteiger partial charge in [-0.15, -0.1) is 0 Å². The van der Waals surface area contributed by atoms with Gasteiger partial charge in [-0.1, -0.05) is 49.2 Å². The molecule has 0 heterocycles. The van der Waals surface area contributed by atoms with Crippen molar-refractivity contribution in [3.8, 4) is 0 Å². The molecule has 0 aliphatic rings. The number of carboxylic acids is 2. The van der Waals surface area contributed by atoms with E-state index >= 15 is 0 Å². The molecule has 0 unspecified atom stereocenters. The third-order valence-corrected chi connectivity index (χ3v) is 5.06. The minimum absolute atomic E-state index is 0.136. The number of hydrogen-bond donors (Lipinski definition) is 2. The molecule has 7 nitrogen and oxygen atoms in total. The summed E-state index contributed by atoms with van der Waals surface area (Å²) in [5.74, 6) is -1.57. The van der Waals surface area contributed by atoms with Crippen LogP contribution < -0.4 is 0 Å². The zero-order valence-corrected chi connectivity index (χ0v) is 17.7. The first-order valence-electron chi connectivity index (χ1n) is 10.8. The highest BCUT2D eigenvalue weighted by Gasteiger charge is 2.13. The number of aliphatic carboxylic acids is 2. The number of carbonyl (C=O) groups is 2. The fourth-order valence-electron chi connectivity index (χ4n) is 3.42. The molecule has 0 saturated heterocycles. The van der Waals surface area contributed by atoms with Crippen molar-refractivity contribution in [2.24, 2.45) is 5.11 Å². The Kier molecular flexibility index (Phi) is 10.2. The molecule has 0 radical (unpaired) electrons. The molecule has 166 valence electrons. The van der Waals surface area contributed by atoms with Crippen LogP contribution >= 0.6 is 0 Å². The molecule has 2 rings (SSSR count). The second-order valence-electron chi connectivity index (χ2n) is 7.54. The molecule has 0 aliphatic carbocycles. The van der Waals surface area contributed by atoms with E-state index in [9.17, 15) is 14.8 Å². The van der Waals surface area contributed by atoms with Crippen molar-refractivity contribution in [3.05, 3.63) is 64.9 Å². The van der Waals surface area contributed by atoms with E-state index in [2.05, 4.69) is 5.11 Å². The molecule has 0 saturated carbocycles. The summed E-state index contributed by atoms with van der Waals surface area (Å²) >= 11 is 0. The lowest BCUT2D eigenvalue weighted by atomic mass is 10.0. The number of benzene rings is 2. The molecule has 0 fully saturated rings. The van der Waals surface area contributed by atoms with E-state index in [0.29, 0.717) is 35.5 Å². The van der Waals surface area contributed by atoms with Crippen LogP contribution in [0.1, 0.15) is 62.5 Å². The van der Waals surface area contributed by atoms with Crippen LogP contribution in [-0.4, -0.2) is 27.0 Å². The monoisotopic (exact) mass is 426 g/mol. The third kappa shape index (κ3) is 8.99. The highest BCUT2D eigenvalue weighted by molar-refractivity contribution is 5.66. The number of rotatable bonds is 14. The van der Waals surface area contributed by atoms with E-state index in [1.165, 1.54) is 0 Å². The number of nitrogens with zero attached hydrogens (tertiary/aromatic N) is 2. The van der Waals surface area contributed by atoms with Gasteiger partial charge < -0.3 is 15.4 Å². The highest BCUT2D eigenvalue weighted by atomic mass is 16.5. The smallest absolute Gasteiger partial charge is 0.303 e. The van der Waals surface area contributed by atoms with Gasteiger partial charge in [-0.3, -0.25) is 9.59 Å². The van der Waals surface area contributed by atoms with E-state index in [0.717, 1.165) is 43.2 Å². The lowest BCUT2D eigenvalue weighted by Gasteiger charge is -2.08. The number of aryl methyl sites for hydroxylation is 2. The molecule has 0 spiro atoms. The van der Waals surface area contributed by atoms with Crippen molar-refractivity contribution in [2.45, 2.75) is 64.2 Å². The van der Waals surface area contributed by atoms with E-state index < -0.39 is 11.9 Å². The van der Waals surface area contributed by atoms with Gasteiger partial charge in [0.1, 0.15) is 5.69 Å². The number of para-hydroxylation sites is 1. The molecule has 2 aromatic carbocycles. The van der Waals surface area contributed by atoms with Crippen molar-refractivity contribution in [3.63, 3.8) is 0 Å². The van der Waals surface area contributed by atoms with Crippen molar-refractivity contribution in [2.75, 3.05) is 0 Å². The van der Waals surface area contributed by atoms with Gasteiger partial charge in [0, 0.05) is 29.6 Å². The number of hydrogen-bond acceptors (Lipinski definition) is 4. The van der Waals surface area contributed by atoms with Gasteiger partial charge in [0.05, 0.1) is 0 Å². The molecule has 2 N–H and O–H groups in total. The summed E-state index contributed by atoms with van der Waals surface area (Å²) in [6.07, 6.45) is 6.35. The molecular formula is C24H30N2O5. The predicted molar refractivity (Wildman–Crippen MR) is 118 cm³/mol. The zero-order chi connectivity index (χ0) is 22.5. The Labute approximate surface area is 182 Å². The fraction of sp³-hybridized carbons (Fsp3) is 0.417. The standard InChI is InChI=1S/C24H30N2O5/c27-23(28)17-4-2-1-3-13-20-14-6-9-16-22(20)26(31)25-21-15-8-5-11-19(21)12-7-10-18-24(29)30/h5-6,8-9,11,14-16H,1-4,7,10,12-13,17-18H2,(H,27,28)(H,29,30). The molecule has 0 bridgehead atoms. The van der Waals surface area contributed by atoms with E-state index in [-0.39, 0.29) is 12.8 Å². The lowest BCUT2D eigenvalue weighted by molar-refractivity contribution is -0.436. The van der Waals surface area contributed by atoms with Crippen LogP contribution in [0.4, 0.5) is 11.4 Å². The largest absolute Gasteiger partial charge is 0.594 e. The summed E-state index contributed by atoms with van der Waals surface area (Å²) in [4.78, 5) is 21.9. The Bertz CT molecular complexity index is 895. The Balaban J connectivity index is 2.02. The van der Waals surface area contributed by atoms with Crippen molar-refractivity contribution in [1.82, 2.24) is 0 Å². The first kappa shape index (κ1) is 24.1. The Morgan fingerprint density at radius 2 is 1.26 bits per heavy atom. The number of unbranched alkanes of at least 4 members (excludes halogenated alkanes) is 4. The molecule has 0 atom stereocenters. The average Bonchev–Trinajstić information content (AvgIpc) is 2.74. The van der Waals surface area contributed by atoms with E-state index in [1.54, 1.807) is 12.1 Å². The zero-order valence-electron chi connectivity index (χ0n) is 17.7. The van der Waals surface area contributed by atoms with Crippen LogP contribution in [0.3, 0.4) is 0 Å². The van der Waals surface area contributed by atoms with Gasteiger partial charge >= 0.3 is 11.9 Å². The Morgan fingerprint density at radius 1 is 0.742 bits per heavy atom. The second-order valence-corrected chi connectivity index (χ2v) is 7.54. The topological polar surface area (TPSA) is 113 Å².